The molecule has 0 aromatic rings. The smallest absolute Gasteiger partial charge is 0.226 e. The Labute approximate surface area is 101 Å². The number of nitrogens with one attached hydrogen (secondary N) is 1. The summed E-state index contributed by atoms with van der Waals surface area (Å²) in [5.74, 6) is 1.05. The van der Waals surface area contributed by atoms with Crippen LogP contribution in [-0.4, -0.2) is 36.5 Å². The number of hydroxylamine groups is 1. The van der Waals surface area contributed by atoms with E-state index in [4.69, 9.17) is 4.84 Å². The van der Waals surface area contributed by atoms with Gasteiger partial charge < -0.3 is 9.74 Å². The zero-order chi connectivity index (χ0) is 10.3. The fourth-order valence-electron chi connectivity index (χ4n) is 2.69. The van der Waals surface area contributed by atoms with Crippen LogP contribution in [0, 0.1) is 11.8 Å². The Kier molecular flexibility index (Phi) is 3.52. The minimum Gasteiger partial charge on any atom is -0.340 e. The fraction of sp³-hybridized carbons (Fsp3) is 0.727. The van der Waals surface area contributed by atoms with Gasteiger partial charge in [-0.05, 0) is 12.8 Å². The van der Waals surface area contributed by atoms with Gasteiger partial charge in [-0.15, -0.1) is 12.4 Å². The summed E-state index contributed by atoms with van der Waals surface area (Å²) in [6.07, 6.45) is 6.07. The minimum absolute atomic E-state index is 0. The molecule has 2 heterocycles. The van der Waals surface area contributed by atoms with E-state index in [0.29, 0.717) is 17.9 Å². The Morgan fingerprint density at radius 3 is 2.75 bits per heavy atom. The van der Waals surface area contributed by atoms with Crippen molar-refractivity contribution in [1.82, 2.24) is 10.4 Å². The van der Waals surface area contributed by atoms with Gasteiger partial charge in [0.15, 0.2) is 0 Å². The highest BCUT2D eigenvalue weighted by molar-refractivity contribution is 5.85. The molecule has 5 heteroatoms. The zero-order valence-electron chi connectivity index (χ0n) is 9.09. The SMILES string of the molecule is Cl.O=C(C1CC=CC1)N1CC2CONC2C1. The van der Waals surface area contributed by atoms with Crippen LogP contribution in [0.1, 0.15) is 12.8 Å². The van der Waals surface area contributed by atoms with E-state index in [9.17, 15) is 4.79 Å². The molecule has 1 amide bonds. The third-order valence-corrected chi connectivity index (χ3v) is 3.64. The summed E-state index contributed by atoms with van der Waals surface area (Å²) in [5.41, 5.74) is 2.98. The van der Waals surface area contributed by atoms with E-state index in [-0.39, 0.29) is 18.3 Å². The maximum Gasteiger partial charge on any atom is 0.226 e. The van der Waals surface area contributed by atoms with E-state index in [0.717, 1.165) is 32.5 Å². The highest BCUT2D eigenvalue weighted by atomic mass is 35.5. The van der Waals surface area contributed by atoms with Gasteiger partial charge in [-0.25, -0.2) is 0 Å². The molecular formula is C11H17ClN2O2. The average Bonchev–Trinajstić information content (AvgIpc) is 2.92. The number of amides is 1. The molecule has 0 spiro atoms. The fourth-order valence-corrected chi connectivity index (χ4v) is 2.69. The van der Waals surface area contributed by atoms with Gasteiger partial charge in [0.05, 0.1) is 12.6 Å². The number of hydrogen-bond donors (Lipinski definition) is 1. The first-order valence-corrected chi connectivity index (χ1v) is 5.65. The predicted octanol–water partition coefficient (Wildman–Crippen LogP) is 0.736. The summed E-state index contributed by atoms with van der Waals surface area (Å²) >= 11 is 0. The first-order chi connectivity index (χ1) is 7.34. The van der Waals surface area contributed by atoms with E-state index in [1.807, 2.05) is 4.90 Å². The third-order valence-electron chi connectivity index (χ3n) is 3.64. The van der Waals surface area contributed by atoms with Crippen molar-refractivity contribution < 1.29 is 9.63 Å². The summed E-state index contributed by atoms with van der Waals surface area (Å²) < 4.78 is 0. The molecule has 0 radical (unpaired) electrons. The van der Waals surface area contributed by atoms with Crippen LogP contribution >= 0.6 is 12.4 Å². The minimum atomic E-state index is 0. The number of rotatable bonds is 1. The number of carbonyl (C=O) groups is 1. The summed E-state index contributed by atoms with van der Waals surface area (Å²) in [5, 5.41) is 0. The lowest BCUT2D eigenvalue weighted by Gasteiger charge is -2.21. The molecule has 1 aliphatic carbocycles. The van der Waals surface area contributed by atoms with Gasteiger partial charge in [0.1, 0.15) is 0 Å². The van der Waals surface area contributed by atoms with Crippen molar-refractivity contribution in [3.05, 3.63) is 12.2 Å². The lowest BCUT2D eigenvalue weighted by molar-refractivity contribution is -0.134. The van der Waals surface area contributed by atoms with Gasteiger partial charge in [-0.1, -0.05) is 12.2 Å². The summed E-state index contributed by atoms with van der Waals surface area (Å²) in [6.45, 7) is 2.43. The zero-order valence-corrected chi connectivity index (χ0v) is 9.91. The predicted molar refractivity (Wildman–Crippen MR) is 62.1 cm³/mol. The maximum atomic E-state index is 12.1. The Morgan fingerprint density at radius 2 is 2.06 bits per heavy atom. The molecule has 0 saturated carbocycles. The second-order valence-corrected chi connectivity index (χ2v) is 4.68. The van der Waals surface area contributed by atoms with Crippen LogP contribution in [0.15, 0.2) is 12.2 Å². The molecular weight excluding hydrogens is 228 g/mol. The number of halogens is 1. The molecule has 90 valence electrons. The number of likely N-dealkylation sites (tertiary alicyclic amines) is 1. The van der Waals surface area contributed by atoms with Crippen molar-refractivity contribution >= 4 is 18.3 Å². The van der Waals surface area contributed by atoms with Gasteiger partial charge in [-0.2, -0.15) is 5.48 Å². The van der Waals surface area contributed by atoms with E-state index in [2.05, 4.69) is 17.6 Å². The summed E-state index contributed by atoms with van der Waals surface area (Å²) in [6, 6.07) is 0.364. The molecule has 3 rings (SSSR count). The molecule has 2 fully saturated rings. The number of allylic oxidation sites excluding steroid dienone is 2. The molecule has 0 bridgehead atoms. The van der Waals surface area contributed by atoms with Crippen LogP contribution < -0.4 is 5.48 Å². The Balaban J connectivity index is 0.000000963. The first-order valence-electron chi connectivity index (χ1n) is 5.65. The number of carbonyl (C=O) groups excluding carboxylic acids is 1. The van der Waals surface area contributed by atoms with Gasteiger partial charge in [0, 0.05) is 24.9 Å². The quantitative estimate of drug-likeness (QED) is 0.692. The van der Waals surface area contributed by atoms with Crippen molar-refractivity contribution in [2.24, 2.45) is 11.8 Å². The van der Waals surface area contributed by atoms with Crippen molar-refractivity contribution in [2.45, 2.75) is 18.9 Å². The van der Waals surface area contributed by atoms with Crippen LogP contribution in [0.2, 0.25) is 0 Å². The Hall–Kier alpha value is -0.580. The monoisotopic (exact) mass is 244 g/mol. The lowest BCUT2D eigenvalue weighted by atomic mass is 10.1. The normalized spacial score (nSPS) is 32.9. The molecule has 2 aliphatic heterocycles. The number of fused-ring (bicyclic) bond motifs is 1. The van der Waals surface area contributed by atoms with E-state index < -0.39 is 0 Å². The Morgan fingerprint density at radius 1 is 1.31 bits per heavy atom. The van der Waals surface area contributed by atoms with E-state index >= 15 is 0 Å². The molecule has 2 atom stereocenters. The summed E-state index contributed by atoms with van der Waals surface area (Å²) in [7, 11) is 0. The standard InChI is InChI=1S/C11H16N2O2.ClH/c14-11(8-3-1-2-4-8)13-5-9-7-15-12-10(9)6-13;/h1-2,8-10,12H,3-7H2;1H. The molecule has 2 unspecified atom stereocenters. The molecule has 2 saturated heterocycles. The molecule has 3 aliphatic rings. The summed E-state index contributed by atoms with van der Waals surface area (Å²) in [4.78, 5) is 19.3. The van der Waals surface area contributed by atoms with Crippen molar-refractivity contribution in [3.8, 4) is 0 Å². The van der Waals surface area contributed by atoms with Gasteiger partial charge in [0.2, 0.25) is 5.91 Å². The maximum absolute atomic E-state index is 12.1. The van der Waals surface area contributed by atoms with Crippen LogP contribution in [0.3, 0.4) is 0 Å². The second-order valence-electron chi connectivity index (χ2n) is 4.68. The van der Waals surface area contributed by atoms with Crippen LogP contribution in [-0.2, 0) is 9.63 Å². The van der Waals surface area contributed by atoms with Crippen LogP contribution in [0.4, 0.5) is 0 Å². The van der Waals surface area contributed by atoms with Crippen molar-refractivity contribution in [1.29, 1.82) is 0 Å². The lowest BCUT2D eigenvalue weighted by Crippen LogP contribution is -2.36. The van der Waals surface area contributed by atoms with E-state index in [1.54, 1.807) is 0 Å². The first kappa shape index (κ1) is 11.9. The largest absolute Gasteiger partial charge is 0.340 e. The third kappa shape index (κ3) is 1.97. The molecule has 1 N–H and O–H groups in total. The molecule has 16 heavy (non-hydrogen) atoms. The van der Waals surface area contributed by atoms with Gasteiger partial charge >= 0.3 is 0 Å². The molecule has 0 aromatic heterocycles. The van der Waals surface area contributed by atoms with Gasteiger partial charge in [-0.3, -0.25) is 4.79 Å². The average molecular weight is 245 g/mol. The Bertz CT molecular complexity index is 288. The van der Waals surface area contributed by atoms with Gasteiger partial charge in [0.25, 0.3) is 0 Å². The topological polar surface area (TPSA) is 41.6 Å². The van der Waals surface area contributed by atoms with Crippen LogP contribution in [0.5, 0.6) is 0 Å². The van der Waals surface area contributed by atoms with Crippen LogP contribution in [0.25, 0.3) is 0 Å². The van der Waals surface area contributed by atoms with E-state index in [1.165, 1.54) is 0 Å². The highest BCUT2D eigenvalue weighted by Crippen LogP contribution is 2.26. The number of hydrogen-bond acceptors (Lipinski definition) is 3. The molecule has 0 aromatic carbocycles. The highest BCUT2D eigenvalue weighted by Gasteiger charge is 2.40. The van der Waals surface area contributed by atoms with Crippen molar-refractivity contribution in [3.63, 3.8) is 0 Å². The number of nitrogens with zero attached hydrogens (tertiary/aromatic N) is 1. The second kappa shape index (κ2) is 4.73. The van der Waals surface area contributed by atoms with Crippen molar-refractivity contribution in [2.75, 3.05) is 19.7 Å². The molecule has 4 nitrogen and oxygen atoms in total.